The fraction of sp³-hybridized carbons (Fsp3) is 0.615. The molecule has 0 saturated carbocycles. The summed E-state index contributed by atoms with van der Waals surface area (Å²) in [5.41, 5.74) is 1.27. The second kappa shape index (κ2) is 7.17. The molecule has 19 heavy (non-hydrogen) atoms. The van der Waals surface area contributed by atoms with Crippen molar-refractivity contribution >= 4 is 33.9 Å². The van der Waals surface area contributed by atoms with E-state index in [4.69, 9.17) is 4.98 Å². The largest absolute Gasteiger partial charge is 0.357 e. The maximum atomic E-state index is 4.76. The number of anilines is 1. The van der Waals surface area contributed by atoms with Gasteiger partial charge in [0.05, 0.1) is 5.69 Å². The number of thioether (sulfide) groups is 1. The minimum atomic E-state index is 0.880. The molecule has 2 heterocycles. The molecule has 6 heteroatoms. The van der Waals surface area contributed by atoms with E-state index in [1.165, 1.54) is 5.69 Å². The van der Waals surface area contributed by atoms with E-state index in [-0.39, 0.29) is 0 Å². The molecule has 0 aliphatic carbocycles. The van der Waals surface area contributed by atoms with Gasteiger partial charge in [0.1, 0.15) is 0 Å². The Morgan fingerprint density at radius 3 is 3.11 bits per heavy atom. The smallest absolute Gasteiger partial charge is 0.195 e. The normalized spacial score (nSPS) is 11.3. The van der Waals surface area contributed by atoms with Crippen LogP contribution in [0.3, 0.4) is 0 Å². The summed E-state index contributed by atoms with van der Waals surface area (Å²) < 4.78 is 2.21. The highest BCUT2D eigenvalue weighted by Crippen LogP contribution is 2.24. The van der Waals surface area contributed by atoms with Gasteiger partial charge in [-0.15, -0.1) is 11.3 Å². The Bertz CT molecular complexity index is 506. The number of nitrogens with one attached hydrogen (secondary N) is 1. The molecule has 2 rings (SSSR count). The highest BCUT2D eigenvalue weighted by Gasteiger charge is 2.15. The van der Waals surface area contributed by atoms with Gasteiger partial charge in [0, 0.05) is 37.5 Å². The van der Waals surface area contributed by atoms with E-state index in [1.54, 1.807) is 11.3 Å². The number of thiazole rings is 1. The Labute approximate surface area is 123 Å². The summed E-state index contributed by atoms with van der Waals surface area (Å²) in [6.45, 7) is 5.15. The zero-order chi connectivity index (χ0) is 13.7. The average molecular weight is 298 g/mol. The molecule has 0 aliphatic rings. The molecule has 2 aromatic rings. The van der Waals surface area contributed by atoms with Gasteiger partial charge in [-0.05, 0) is 19.2 Å². The molecule has 0 saturated heterocycles. The highest BCUT2D eigenvalue weighted by molar-refractivity contribution is 7.98. The van der Waals surface area contributed by atoms with E-state index in [9.17, 15) is 0 Å². The van der Waals surface area contributed by atoms with Crippen LogP contribution in [0.1, 0.15) is 19.0 Å². The van der Waals surface area contributed by atoms with Gasteiger partial charge in [-0.1, -0.05) is 6.92 Å². The number of nitrogens with zero attached hydrogens (tertiary/aromatic N) is 3. The molecule has 0 bridgehead atoms. The van der Waals surface area contributed by atoms with Crippen molar-refractivity contribution in [3.05, 3.63) is 17.3 Å². The standard InChI is InChI=1S/C13H22N4S2/c1-4-5-14-10-11-12(16(2)6-8-18-3)15-13-17(11)7-9-19-13/h7,9,14H,4-6,8,10H2,1-3H3. The topological polar surface area (TPSA) is 32.6 Å². The van der Waals surface area contributed by atoms with Crippen molar-refractivity contribution in [3.8, 4) is 0 Å². The Kier molecular flexibility index (Phi) is 5.54. The molecule has 106 valence electrons. The molecule has 1 N–H and O–H groups in total. The summed E-state index contributed by atoms with van der Waals surface area (Å²) in [5.74, 6) is 2.24. The van der Waals surface area contributed by atoms with Gasteiger partial charge >= 0.3 is 0 Å². The lowest BCUT2D eigenvalue weighted by Gasteiger charge is -2.18. The van der Waals surface area contributed by atoms with Crippen molar-refractivity contribution < 1.29 is 0 Å². The summed E-state index contributed by atoms with van der Waals surface area (Å²) in [5, 5.41) is 5.58. The molecule has 0 fully saturated rings. The van der Waals surface area contributed by atoms with E-state index in [0.717, 1.165) is 42.6 Å². The molecular weight excluding hydrogens is 276 g/mol. The first-order valence-corrected chi connectivity index (χ1v) is 8.90. The molecule has 4 nitrogen and oxygen atoms in total. The van der Waals surface area contributed by atoms with Crippen molar-refractivity contribution in [3.63, 3.8) is 0 Å². The summed E-state index contributed by atoms with van der Waals surface area (Å²) in [4.78, 5) is 8.11. The van der Waals surface area contributed by atoms with Crippen molar-refractivity contribution in [2.75, 3.05) is 37.0 Å². The summed E-state index contributed by atoms with van der Waals surface area (Å²) in [7, 11) is 2.13. The molecule has 0 spiro atoms. The minimum absolute atomic E-state index is 0.880. The molecule has 2 aromatic heterocycles. The van der Waals surface area contributed by atoms with Crippen LogP contribution >= 0.6 is 23.1 Å². The lowest BCUT2D eigenvalue weighted by atomic mass is 10.3. The van der Waals surface area contributed by atoms with Crippen LogP contribution in [0.5, 0.6) is 0 Å². The maximum absolute atomic E-state index is 4.76. The van der Waals surface area contributed by atoms with Gasteiger partial charge in [-0.25, -0.2) is 4.98 Å². The van der Waals surface area contributed by atoms with Crippen molar-refractivity contribution in [1.82, 2.24) is 14.7 Å². The van der Waals surface area contributed by atoms with Gasteiger partial charge < -0.3 is 10.2 Å². The fourth-order valence-corrected chi connectivity index (χ4v) is 3.19. The molecule has 0 atom stereocenters. The molecule has 0 aliphatic heterocycles. The van der Waals surface area contributed by atoms with Crippen molar-refractivity contribution in [1.29, 1.82) is 0 Å². The monoisotopic (exact) mass is 298 g/mol. The summed E-state index contributed by atoms with van der Waals surface area (Å²) >= 11 is 3.57. The van der Waals surface area contributed by atoms with E-state index >= 15 is 0 Å². The summed E-state index contributed by atoms with van der Waals surface area (Å²) in [6, 6.07) is 0. The van der Waals surface area contributed by atoms with Crippen LogP contribution in [0.25, 0.3) is 4.96 Å². The first-order chi connectivity index (χ1) is 9.27. The predicted octanol–water partition coefficient (Wildman–Crippen LogP) is 2.69. The third-order valence-electron chi connectivity index (χ3n) is 3.05. The van der Waals surface area contributed by atoms with Gasteiger partial charge in [-0.3, -0.25) is 4.40 Å². The SMILES string of the molecule is CCCNCc1c(N(C)CCSC)nc2sccn12. The molecule has 0 radical (unpaired) electrons. The van der Waals surface area contributed by atoms with Crippen molar-refractivity contribution in [2.24, 2.45) is 0 Å². The summed E-state index contributed by atoms with van der Waals surface area (Å²) in [6.07, 6.45) is 5.41. The molecule has 0 amide bonds. The Morgan fingerprint density at radius 1 is 1.53 bits per heavy atom. The molecule has 0 aromatic carbocycles. The van der Waals surface area contributed by atoms with Crippen LogP contribution in [-0.4, -0.2) is 41.5 Å². The second-order valence-corrected chi connectivity index (χ2v) is 6.39. The van der Waals surface area contributed by atoms with Gasteiger partial charge in [0.15, 0.2) is 10.8 Å². The van der Waals surface area contributed by atoms with Crippen LogP contribution in [0.15, 0.2) is 11.6 Å². The lowest BCUT2D eigenvalue weighted by Crippen LogP contribution is -2.24. The third kappa shape index (κ3) is 3.43. The maximum Gasteiger partial charge on any atom is 0.195 e. The molecular formula is C13H22N4S2. The van der Waals surface area contributed by atoms with Crippen LogP contribution in [0, 0.1) is 0 Å². The quantitative estimate of drug-likeness (QED) is 0.760. The highest BCUT2D eigenvalue weighted by atomic mass is 32.2. The number of imidazole rings is 1. The van der Waals surface area contributed by atoms with Crippen LogP contribution in [-0.2, 0) is 6.54 Å². The number of hydrogen-bond acceptors (Lipinski definition) is 5. The number of rotatable bonds is 8. The second-order valence-electron chi connectivity index (χ2n) is 4.53. The van der Waals surface area contributed by atoms with Crippen molar-refractivity contribution in [2.45, 2.75) is 19.9 Å². The number of fused-ring (bicyclic) bond motifs is 1. The van der Waals surface area contributed by atoms with E-state index in [2.05, 4.69) is 46.4 Å². The van der Waals surface area contributed by atoms with E-state index < -0.39 is 0 Å². The van der Waals surface area contributed by atoms with Crippen LogP contribution in [0.4, 0.5) is 5.82 Å². The molecule has 0 unspecified atom stereocenters. The Balaban J connectivity index is 2.20. The fourth-order valence-electron chi connectivity index (χ4n) is 2.01. The first kappa shape index (κ1) is 14.7. The van der Waals surface area contributed by atoms with Crippen LogP contribution < -0.4 is 10.2 Å². The van der Waals surface area contributed by atoms with Gasteiger partial charge in [0.2, 0.25) is 0 Å². The van der Waals surface area contributed by atoms with E-state index in [0.29, 0.717) is 0 Å². The predicted molar refractivity (Wildman–Crippen MR) is 86.7 cm³/mol. The number of hydrogen-bond donors (Lipinski definition) is 1. The number of aromatic nitrogens is 2. The van der Waals surface area contributed by atoms with Crippen LogP contribution in [0.2, 0.25) is 0 Å². The zero-order valence-electron chi connectivity index (χ0n) is 11.8. The van der Waals surface area contributed by atoms with E-state index in [1.807, 2.05) is 11.8 Å². The lowest BCUT2D eigenvalue weighted by molar-refractivity contribution is 0.660. The third-order valence-corrected chi connectivity index (χ3v) is 4.40. The zero-order valence-corrected chi connectivity index (χ0v) is 13.5. The minimum Gasteiger partial charge on any atom is -0.357 e. The van der Waals surface area contributed by atoms with Gasteiger partial charge in [-0.2, -0.15) is 11.8 Å². The first-order valence-electron chi connectivity index (χ1n) is 6.63. The Hall–Kier alpha value is -0.720. The Morgan fingerprint density at radius 2 is 2.37 bits per heavy atom. The van der Waals surface area contributed by atoms with Gasteiger partial charge in [0.25, 0.3) is 0 Å². The average Bonchev–Trinajstić information content (AvgIpc) is 2.98.